The number of ether oxygens (including phenoxy) is 1. The standard InChI is InChI=1S/C30H32BrN5O3S2/c1-5-6-13-36-14-11-22(23-16-21(31)9-10-24(23)39-18-20-8-7-12-32-17-20)26(29(36)37)34-30(38)35-27-25(40-3)15-19(2)33-28(27)41-4/h7-12,14-17H,5-6,13,18H2,1-4H3,(H2,34,35,38). The predicted octanol–water partition coefficient (Wildman–Crippen LogP) is 7.84. The largest absolute Gasteiger partial charge is 0.488 e. The highest BCUT2D eigenvalue weighted by molar-refractivity contribution is 9.10. The van der Waals surface area contributed by atoms with Gasteiger partial charge >= 0.3 is 6.03 Å². The summed E-state index contributed by atoms with van der Waals surface area (Å²) >= 11 is 6.53. The third kappa shape index (κ3) is 7.72. The second kappa shape index (κ2) is 14.6. The Balaban J connectivity index is 1.74. The van der Waals surface area contributed by atoms with Crippen LogP contribution in [0.25, 0.3) is 11.1 Å². The number of hydrogen-bond donors (Lipinski definition) is 2. The van der Waals surface area contributed by atoms with Gasteiger partial charge < -0.3 is 19.9 Å². The zero-order valence-corrected chi connectivity index (χ0v) is 26.6. The number of nitrogens with zero attached hydrogens (tertiary/aromatic N) is 3. The molecule has 2 N–H and O–H groups in total. The van der Waals surface area contributed by atoms with E-state index < -0.39 is 6.03 Å². The number of amides is 2. The van der Waals surface area contributed by atoms with Gasteiger partial charge in [0.25, 0.3) is 5.56 Å². The topological polar surface area (TPSA) is 98.1 Å². The maximum absolute atomic E-state index is 13.8. The molecule has 0 aliphatic rings. The molecule has 0 atom stereocenters. The lowest BCUT2D eigenvalue weighted by Gasteiger charge is -2.18. The quantitative estimate of drug-likeness (QED) is 0.159. The van der Waals surface area contributed by atoms with Crippen LogP contribution in [-0.2, 0) is 13.2 Å². The third-order valence-electron chi connectivity index (χ3n) is 6.24. The molecule has 0 aliphatic carbocycles. The van der Waals surface area contributed by atoms with Crippen LogP contribution in [0.15, 0.2) is 80.2 Å². The number of anilines is 2. The lowest BCUT2D eigenvalue weighted by molar-refractivity contribution is 0.262. The first-order chi connectivity index (χ1) is 19.8. The predicted molar refractivity (Wildman–Crippen MR) is 172 cm³/mol. The second-order valence-electron chi connectivity index (χ2n) is 9.18. The molecule has 0 unspecified atom stereocenters. The first kappa shape index (κ1) is 30.7. The van der Waals surface area contributed by atoms with Crippen molar-refractivity contribution in [2.45, 2.75) is 49.8 Å². The maximum atomic E-state index is 13.8. The Morgan fingerprint density at radius 3 is 2.59 bits per heavy atom. The summed E-state index contributed by atoms with van der Waals surface area (Å²) in [5.74, 6) is 0.572. The molecule has 0 radical (unpaired) electrons. The molecule has 2 amide bonds. The summed E-state index contributed by atoms with van der Waals surface area (Å²) in [6, 6.07) is 12.6. The number of halogens is 1. The summed E-state index contributed by atoms with van der Waals surface area (Å²) in [6.45, 7) is 4.84. The van der Waals surface area contributed by atoms with E-state index in [9.17, 15) is 9.59 Å². The summed E-state index contributed by atoms with van der Waals surface area (Å²) in [4.78, 5) is 36.8. The van der Waals surface area contributed by atoms with Crippen LogP contribution in [0.2, 0.25) is 0 Å². The van der Waals surface area contributed by atoms with E-state index in [0.29, 0.717) is 40.7 Å². The minimum atomic E-state index is -0.527. The Kier molecular flexibility index (Phi) is 10.9. The number of nitrogens with one attached hydrogen (secondary N) is 2. The van der Waals surface area contributed by atoms with Crippen LogP contribution >= 0.6 is 39.5 Å². The number of carbonyl (C=O) groups excluding carboxylic acids is 1. The number of hydrogen-bond acceptors (Lipinski definition) is 7. The van der Waals surface area contributed by atoms with Crippen LogP contribution in [0.1, 0.15) is 31.0 Å². The van der Waals surface area contributed by atoms with Crippen molar-refractivity contribution in [1.82, 2.24) is 14.5 Å². The Hall–Kier alpha value is -3.28. The van der Waals surface area contributed by atoms with Gasteiger partial charge in [0.05, 0.1) is 5.69 Å². The van der Waals surface area contributed by atoms with Gasteiger partial charge in [-0.1, -0.05) is 35.3 Å². The number of thioether (sulfide) groups is 2. The summed E-state index contributed by atoms with van der Waals surface area (Å²) in [6.07, 6.45) is 10.9. The van der Waals surface area contributed by atoms with Crippen molar-refractivity contribution in [3.63, 3.8) is 0 Å². The van der Waals surface area contributed by atoms with Gasteiger partial charge in [-0.05, 0) is 62.3 Å². The SMILES string of the molecule is CCCCn1ccc(-c2cc(Br)ccc2OCc2cccnc2)c(NC(=O)Nc2c(SC)cc(C)nc2SC)c1=O. The molecular weight excluding hydrogens is 622 g/mol. The zero-order valence-electron chi connectivity index (χ0n) is 23.4. The van der Waals surface area contributed by atoms with Crippen LogP contribution in [-0.4, -0.2) is 33.1 Å². The molecule has 0 saturated heterocycles. The summed E-state index contributed by atoms with van der Waals surface area (Å²) in [5.41, 5.74) is 3.49. The third-order valence-corrected chi connectivity index (χ3v) is 8.17. The van der Waals surface area contributed by atoms with Crippen LogP contribution < -0.4 is 20.9 Å². The van der Waals surface area contributed by atoms with Crippen molar-refractivity contribution < 1.29 is 9.53 Å². The molecule has 11 heteroatoms. The molecule has 3 heterocycles. The monoisotopic (exact) mass is 653 g/mol. The van der Waals surface area contributed by atoms with E-state index in [-0.39, 0.29) is 11.2 Å². The van der Waals surface area contributed by atoms with E-state index in [0.717, 1.165) is 33.5 Å². The molecule has 0 fully saturated rings. The number of unbranched alkanes of at least 4 members (excludes halogenated alkanes) is 1. The summed E-state index contributed by atoms with van der Waals surface area (Å²) < 4.78 is 8.62. The van der Waals surface area contributed by atoms with Crippen LogP contribution in [0.3, 0.4) is 0 Å². The fourth-order valence-corrected chi connectivity index (χ4v) is 5.87. The normalized spacial score (nSPS) is 10.9. The van der Waals surface area contributed by atoms with Gasteiger partial charge in [-0.2, -0.15) is 0 Å². The number of urea groups is 1. The van der Waals surface area contributed by atoms with Crippen LogP contribution in [0.5, 0.6) is 5.75 Å². The highest BCUT2D eigenvalue weighted by Crippen LogP contribution is 2.37. The summed E-state index contributed by atoms with van der Waals surface area (Å²) in [7, 11) is 0. The van der Waals surface area contributed by atoms with Gasteiger partial charge in [-0.15, -0.1) is 23.5 Å². The van der Waals surface area contributed by atoms with Crippen molar-refractivity contribution in [3.05, 3.63) is 87.1 Å². The molecule has 0 aliphatic heterocycles. The van der Waals surface area contributed by atoms with Crippen molar-refractivity contribution in [1.29, 1.82) is 0 Å². The zero-order chi connectivity index (χ0) is 29.4. The molecule has 4 rings (SSSR count). The minimum absolute atomic E-state index is 0.168. The van der Waals surface area contributed by atoms with Gasteiger partial charge in [-0.3, -0.25) is 9.78 Å². The molecule has 4 aromatic rings. The lowest BCUT2D eigenvalue weighted by atomic mass is 10.0. The molecule has 214 valence electrons. The van der Waals surface area contributed by atoms with Crippen molar-refractivity contribution in [2.24, 2.45) is 0 Å². The van der Waals surface area contributed by atoms with Gasteiger partial charge in [0, 0.05) is 56.9 Å². The van der Waals surface area contributed by atoms with Gasteiger partial charge in [0.1, 0.15) is 23.1 Å². The maximum Gasteiger partial charge on any atom is 0.323 e. The summed E-state index contributed by atoms with van der Waals surface area (Å²) in [5, 5.41) is 6.52. The average molecular weight is 655 g/mol. The fourth-order valence-electron chi connectivity index (χ4n) is 4.20. The van der Waals surface area contributed by atoms with E-state index in [1.165, 1.54) is 23.5 Å². The Morgan fingerprint density at radius 1 is 1.07 bits per heavy atom. The number of benzene rings is 1. The molecular formula is C30H32BrN5O3S2. The first-order valence-corrected chi connectivity index (χ1v) is 16.3. The highest BCUT2D eigenvalue weighted by atomic mass is 79.9. The Morgan fingerprint density at radius 2 is 1.88 bits per heavy atom. The Labute approximate surface area is 256 Å². The van der Waals surface area contributed by atoms with E-state index in [4.69, 9.17) is 4.74 Å². The van der Waals surface area contributed by atoms with Crippen molar-refractivity contribution in [2.75, 3.05) is 23.1 Å². The van der Waals surface area contributed by atoms with Gasteiger partial charge in [-0.25, -0.2) is 9.78 Å². The Bertz CT molecular complexity index is 1560. The van der Waals surface area contributed by atoms with Crippen LogP contribution in [0, 0.1) is 6.92 Å². The second-order valence-corrected chi connectivity index (χ2v) is 11.7. The van der Waals surface area contributed by atoms with E-state index >= 15 is 0 Å². The molecule has 0 bridgehead atoms. The highest BCUT2D eigenvalue weighted by Gasteiger charge is 2.20. The van der Waals surface area contributed by atoms with Gasteiger partial charge in [0.2, 0.25) is 0 Å². The molecule has 0 saturated carbocycles. The number of aryl methyl sites for hydroxylation is 2. The molecule has 8 nitrogen and oxygen atoms in total. The number of aromatic nitrogens is 3. The van der Waals surface area contributed by atoms with Crippen LogP contribution in [0.4, 0.5) is 16.2 Å². The first-order valence-electron chi connectivity index (χ1n) is 13.1. The minimum Gasteiger partial charge on any atom is -0.488 e. The average Bonchev–Trinajstić information content (AvgIpc) is 2.98. The van der Waals surface area contributed by atoms with Crippen molar-refractivity contribution in [3.8, 4) is 16.9 Å². The van der Waals surface area contributed by atoms with Crippen molar-refractivity contribution >= 4 is 56.9 Å². The smallest absolute Gasteiger partial charge is 0.323 e. The van der Waals surface area contributed by atoms with E-state index in [1.807, 2.05) is 61.9 Å². The molecule has 3 aromatic heterocycles. The molecule has 0 spiro atoms. The van der Waals surface area contributed by atoms with E-state index in [1.54, 1.807) is 23.2 Å². The molecule has 1 aromatic carbocycles. The lowest BCUT2D eigenvalue weighted by Crippen LogP contribution is -2.29. The molecule has 41 heavy (non-hydrogen) atoms. The number of carbonyl (C=O) groups is 1. The number of pyridine rings is 3. The van der Waals surface area contributed by atoms with E-state index in [2.05, 4.69) is 43.5 Å². The van der Waals surface area contributed by atoms with Gasteiger partial charge in [0.15, 0.2) is 0 Å². The fraction of sp³-hybridized carbons (Fsp3) is 0.267. The number of rotatable bonds is 11.